The second kappa shape index (κ2) is 6.36. The highest BCUT2D eigenvalue weighted by Gasteiger charge is 2.34. The monoisotopic (exact) mass is 252 g/mol. The van der Waals surface area contributed by atoms with E-state index in [1.165, 1.54) is 51.5 Å². The van der Waals surface area contributed by atoms with Gasteiger partial charge >= 0.3 is 0 Å². The fraction of sp³-hybridized carbons (Fsp3) is 1.00. The quantitative estimate of drug-likeness (QED) is 0.679. The minimum absolute atomic E-state index is 0.741. The zero-order valence-electron chi connectivity index (χ0n) is 11.5. The van der Waals surface area contributed by atoms with E-state index in [9.17, 15) is 0 Å². The topological polar surface area (TPSA) is 33.3 Å². The summed E-state index contributed by atoms with van der Waals surface area (Å²) < 4.78 is 5.70. The maximum Gasteiger partial charge on any atom is 0.0591 e. The van der Waals surface area contributed by atoms with Gasteiger partial charge in [-0.05, 0) is 56.9 Å². The molecule has 0 bridgehead atoms. The second-order valence-electron chi connectivity index (χ2n) is 6.38. The number of rotatable bonds is 7. The molecule has 2 N–H and O–H groups in total. The van der Waals surface area contributed by atoms with Crippen LogP contribution in [0.25, 0.3) is 0 Å². The molecule has 2 saturated carbocycles. The van der Waals surface area contributed by atoms with Crippen LogP contribution in [0.15, 0.2) is 0 Å². The SMILES string of the molecule is C1CNC(C2CCCC2NCCOCC2CC2)C1. The molecule has 18 heavy (non-hydrogen) atoms. The van der Waals surface area contributed by atoms with E-state index >= 15 is 0 Å². The molecule has 0 amide bonds. The van der Waals surface area contributed by atoms with Gasteiger partial charge in [0.05, 0.1) is 6.61 Å². The molecule has 0 radical (unpaired) electrons. The summed E-state index contributed by atoms with van der Waals surface area (Å²) in [6.07, 6.45) is 9.74. The van der Waals surface area contributed by atoms with Crippen LogP contribution in [0.2, 0.25) is 0 Å². The van der Waals surface area contributed by atoms with E-state index in [-0.39, 0.29) is 0 Å². The molecule has 3 atom stereocenters. The van der Waals surface area contributed by atoms with Crippen LogP contribution in [0.4, 0.5) is 0 Å². The smallest absolute Gasteiger partial charge is 0.0591 e. The van der Waals surface area contributed by atoms with Crippen molar-refractivity contribution >= 4 is 0 Å². The van der Waals surface area contributed by atoms with E-state index in [1.807, 2.05) is 0 Å². The number of hydrogen-bond donors (Lipinski definition) is 2. The molecular formula is C15H28N2O. The van der Waals surface area contributed by atoms with Crippen LogP contribution < -0.4 is 10.6 Å². The summed E-state index contributed by atoms with van der Waals surface area (Å²) in [6.45, 7) is 4.18. The first-order valence-electron chi connectivity index (χ1n) is 7.98. The molecule has 104 valence electrons. The Bertz CT molecular complexity index is 249. The van der Waals surface area contributed by atoms with E-state index in [1.54, 1.807) is 0 Å². The third-order valence-electron chi connectivity index (χ3n) is 4.89. The Hall–Kier alpha value is -0.120. The maximum absolute atomic E-state index is 5.70. The third kappa shape index (κ3) is 3.46. The first-order valence-corrected chi connectivity index (χ1v) is 7.98. The van der Waals surface area contributed by atoms with Crippen LogP contribution >= 0.6 is 0 Å². The van der Waals surface area contributed by atoms with Gasteiger partial charge in [-0.15, -0.1) is 0 Å². The average Bonchev–Trinajstić information content (AvgIpc) is 2.89. The van der Waals surface area contributed by atoms with E-state index < -0.39 is 0 Å². The average molecular weight is 252 g/mol. The first kappa shape index (κ1) is 12.9. The molecule has 3 aliphatic rings. The molecule has 0 aromatic carbocycles. The van der Waals surface area contributed by atoms with Crippen LogP contribution in [0.5, 0.6) is 0 Å². The van der Waals surface area contributed by atoms with Gasteiger partial charge in [0.15, 0.2) is 0 Å². The van der Waals surface area contributed by atoms with E-state index in [2.05, 4.69) is 10.6 Å². The standard InChI is InChI=1S/C15H28N2O/c1-3-13(15-5-2-8-16-15)14(4-1)17-9-10-18-11-12-6-7-12/h12-17H,1-11H2. The largest absolute Gasteiger partial charge is 0.380 e. The summed E-state index contributed by atoms with van der Waals surface area (Å²) in [6, 6.07) is 1.53. The van der Waals surface area contributed by atoms with Crippen LogP contribution in [0.1, 0.15) is 44.9 Å². The Morgan fingerprint density at radius 1 is 1.06 bits per heavy atom. The van der Waals surface area contributed by atoms with Gasteiger partial charge in [-0.25, -0.2) is 0 Å². The van der Waals surface area contributed by atoms with Crippen molar-refractivity contribution in [3.8, 4) is 0 Å². The lowest BCUT2D eigenvalue weighted by Crippen LogP contribution is -2.43. The van der Waals surface area contributed by atoms with Crippen LogP contribution in [-0.2, 0) is 4.74 Å². The molecule has 3 rings (SSSR count). The minimum Gasteiger partial charge on any atom is -0.380 e. The lowest BCUT2D eigenvalue weighted by molar-refractivity contribution is 0.122. The molecule has 0 aromatic heterocycles. The summed E-state index contributed by atoms with van der Waals surface area (Å²) in [4.78, 5) is 0. The second-order valence-corrected chi connectivity index (χ2v) is 6.38. The number of nitrogens with one attached hydrogen (secondary N) is 2. The third-order valence-corrected chi connectivity index (χ3v) is 4.89. The molecule has 3 heteroatoms. The summed E-state index contributed by atoms with van der Waals surface area (Å²) in [5, 5.41) is 7.42. The van der Waals surface area contributed by atoms with Crippen molar-refractivity contribution in [1.82, 2.24) is 10.6 Å². The Balaban J connectivity index is 1.32. The van der Waals surface area contributed by atoms with Crippen molar-refractivity contribution in [1.29, 1.82) is 0 Å². The molecule has 1 aliphatic heterocycles. The van der Waals surface area contributed by atoms with Crippen molar-refractivity contribution in [2.24, 2.45) is 11.8 Å². The predicted octanol–water partition coefficient (Wildman–Crippen LogP) is 1.92. The summed E-state index contributed by atoms with van der Waals surface area (Å²) in [5.41, 5.74) is 0. The van der Waals surface area contributed by atoms with Crippen LogP contribution in [0, 0.1) is 11.8 Å². The van der Waals surface area contributed by atoms with E-state index in [0.717, 1.165) is 43.7 Å². The Morgan fingerprint density at radius 2 is 2.00 bits per heavy atom. The van der Waals surface area contributed by atoms with Crippen molar-refractivity contribution in [3.63, 3.8) is 0 Å². The maximum atomic E-state index is 5.70. The Labute approximate surface area is 111 Å². The normalized spacial score (nSPS) is 36.3. The van der Waals surface area contributed by atoms with E-state index in [4.69, 9.17) is 4.74 Å². The number of hydrogen-bond acceptors (Lipinski definition) is 3. The van der Waals surface area contributed by atoms with Crippen molar-refractivity contribution in [2.75, 3.05) is 26.3 Å². The Kier molecular flexibility index (Phi) is 4.55. The highest BCUT2D eigenvalue weighted by atomic mass is 16.5. The fourth-order valence-corrected chi connectivity index (χ4v) is 3.65. The van der Waals surface area contributed by atoms with Gasteiger partial charge < -0.3 is 15.4 Å². The van der Waals surface area contributed by atoms with Gasteiger partial charge in [0.1, 0.15) is 0 Å². The summed E-state index contributed by atoms with van der Waals surface area (Å²) in [5.74, 6) is 1.77. The minimum atomic E-state index is 0.741. The highest BCUT2D eigenvalue weighted by molar-refractivity contribution is 4.93. The molecule has 3 unspecified atom stereocenters. The van der Waals surface area contributed by atoms with Crippen molar-refractivity contribution < 1.29 is 4.74 Å². The summed E-state index contributed by atoms with van der Waals surface area (Å²) >= 11 is 0. The lowest BCUT2D eigenvalue weighted by atomic mass is 9.93. The molecule has 3 nitrogen and oxygen atoms in total. The first-order chi connectivity index (χ1) is 8.93. The highest BCUT2D eigenvalue weighted by Crippen LogP contribution is 2.32. The van der Waals surface area contributed by atoms with Gasteiger partial charge in [-0.2, -0.15) is 0 Å². The zero-order chi connectivity index (χ0) is 12.2. The molecule has 2 aliphatic carbocycles. The van der Waals surface area contributed by atoms with Crippen molar-refractivity contribution in [2.45, 2.75) is 57.0 Å². The molecule has 3 fully saturated rings. The van der Waals surface area contributed by atoms with Gasteiger partial charge in [-0.1, -0.05) is 6.42 Å². The Morgan fingerprint density at radius 3 is 2.78 bits per heavy atom. The van der Waals surface area contributed by atoms with Crippen molar-refractivity contribution in [3.05, 3.63) is 0 Å². The van der Waals surface area contributed by atoms with Gasteiger partial charge in [0.25, 0.3) is 0 Å². The molecular weight excluding hydrogens is 224 g/mol. The van der Waals surface area contributed by atoms with E-state index in [0.29, 0.717) is 0 Å². The molecule has 1 heterocycles. The number of ether oxygens (including phenoxy) is 1. The predicted molar refractivity (Wildman–Crippen MR) is 73.7 cm³/mol. The fourth-order valence-electron chi connectivity index (χ4n) is 3.65. The van der Waals surface area contributed by atoms with Crippen LogP contribution in [0.3, 0.4) is 0 Å². The van der Waals surface area contributed by atoms with Crippen LogP contribution in [-0.4, -0.2) is 38.4 Å². The molecule has 0 spiro atoms. The molecule has 0 aromatic rings. The van der Waals surface area contributed by atoms with Gasteiger partial charge in [0.2, 0.25) is 0 Å². The lowest BCUT2D eigenvalue weighted by Gasteiger charge is -2.26. The zero-order valence-corrected chi connectivity index (χ0v) is 11.5. The summed E-state index contributed by atoms with van der Waals surface area (Å²) in [7, 11) is 0. The van der Waals surface area contributed by atoms with Gasteiger partial charge in [-0.3, -0.25) is 0 Å². The molecule has 1 saturated heterocycles. The van der Waals surface area contributed by atoms with Gasteiger partial charge in [0, 0.05) is 25.2 Å².